The van der Waals surface area contributed by atoms with Crippen LogP contribution in [-0.4, -0.2) is 30.4 Å². The number of nitrogens with zero attached hydrogens (tertiary/aromatic N) is 1. The Morgan fingerprint density at radius 1 is 1.40 bits per heavy atom. The van der Waals surface area contributed by atoms with Gasteiger partial charge < -0.3 is 10.2 Å². The number of alkyl halides is 3. The molecule has 2 heterocycles. The lowest BCUT2D eigenvalue weighted by Crippen LogP contribution is -2.44. The summed E-state index contributed by atoms with van der Waals surface area (Å²) in [4.78, 5) is 13.8. The van der Waals surface area contributed by atoms with Gasteiger partial charge in [0.1, 0.15) is 0 Å². The van der Waals surface area contributed by atoms with Crippen LogP contribution in [0.5, 0.6) is 0 Å². The van der Waals surface area contributed by atoms with Crippen LogP contribution in [0.25, 0.3) is 6.08 Å². The van der Waals surface area contributed by atoms with E-state index < -0.39 is 17.6 Å². The van der Waals surface area contributed by atoms with Gasteiger partial charge in [-0.15, -0.1) is 0 Å². The molecule has 106 valence electrons. The van der Waals surface area contributed by atoms with Gasteiger partial charge in [0.25, 0.3) is 5.91 Å². The number of amides is 1. The van der Waals surface area contributed by atoms with Crippen LogP contribution in [0.2, 0.25) is 0 Å². The average molecular weight is 282 g/mol. The summed E-state index contributed by atoms with van der Waals surface area (Å²) in [6.45, 7) is 5.04. The highest BCUT2D eigenvalue weighted by atomic mass is 19.4. The minimum Gasteiger partial charge on any atom is -0.329 e. The number of rotatable bonds is 1. The second-order valence-electron chi connectivity index (χ2n) is 4.95. The first-order chi connectivity index (χ1) is 9.43. The number of halogens is 3. The van der Waals surface area contributed by atoms with Crippen LogP contribution in [0.4, 0.5) is 13.2 Å². The zero-order valence-corrected chi connectivity index (χ0v) is 10.6. The average Bonchev–Trinajstić information content (AvgIpc) is 2.71. The first kappa shape index (κ1) is 13.2. The molecule has 1 aromatic rings. The van der Waals surface area contributed by atoms with Crippen molar-refractivity contribution in [2.45, 2.75) is 12.2 Å². The van der Waals surface area contributed by atoms with E-state index in [2.05, 4.69) is 11.9 Å². The monoisotopic (exact) mass is 282 g/mol. The van der Waals surface area contributed by atoms with Crippen molar-refractivity contribution in [2.24, 2.45) is 0 Å². The molecular formula is C14H13F3N2O. The van der Waals surface area contributed by atoms with Gasteiger partial charge in [0, 0.05) is 19.6 Å². The topological polar surface area (TPSA) is 32.3 Å². The molecule has 6 heteroatoms. The molecule has 0 saturated carbocycles. The fraction of sp³-hybridized carbons (Fsp3) is 0.357. The maximum atomic E-state index is 13.2. The summed E-state index contributed by atoms with van der Waals surface area (Å²) in [5, 5.41) is 3.11. The molecule has 1 fully saturated rings. The molecule has 1 unspecified atom stereocenters. The largest absolute Gasteiger partial charge is 0.417 e. The van der Waals surface area contributed by atoms with E-state index in [0.29, 0.717) is 30.8 Å². The number of hydrogen-bond acceptors (Lipinski definition) is 2. The summed E-state index contributed by atoms with van der Waals surface area (Å²) >= 11 is 0. The molecular weight excluding hydrogens is 269 g/mol. The summed E-state index contributed by atoms with van der Waals surface area (Å²) in [7, 11) is 0. The third-order valence-corrected chi connectivity index (χ3v) is 3.81. The minimum absolute atomic E-state index is 0.197. The number of piperazine rings is 1. The van der Waals surface area contributed by atoms with Gasteiger partial charge in [-0.25, -0.2) is 0 Å². The van der Waals surface area contributed by atoms with Gasteiger partial charge >= 0.3 is 6.18 Å². The predicted octanol–water partition coefficient (Wildman–Crippen LogP) is 2.45. The fourth-order valence-electron chi connectivity index (χ4n) is 2.90. The lowest BCUT2D eigenvalue weighted by atomic mass is 9.95. The van der Waals surface area contributed by atoms with Crippen LogP contribution >= 0.6 is 0 Å². The first-order valence-electron chi connectivity index (χ1n) is 6.32. The molecule has 1 N–H and O–H groups in total. The van der Waals surface area contributed by atoms with Crippen LogP contribution in [0, 0.1) is 0 Å². The highest BCUT2D eigenvalue weighted by Gasteiger charge is 2.45. The summed E-state index contributed by atoms with van der Waals surface area (Å²) in [6, 6.07) is 2.31. The van der Waals surface area contributed by atoms with E-state index in [0.717, 1.165) is 6.07 Å². The summed E-state index contributed by atoms with van der Waals surface area (Å²) in [6.07, 6.45) is -3.17. The Morgan fingerprint density at radius 2 is 2.15 bits per heavy atom. The van der Waals surface area contributed by atoms with Gasteiger partial charge in [-0.3, -0.25) is 4.79 Å². The first-order valence-corrected chi connectivity index (χ1v) is 6.32. The molecule has 2 aliphatic rings. The van der Waals surface area contributed by atoms with Crippen LogP contribution < -0.4 is 5.32 Å². The SMILES string of the molecule is C=Cc1cc2c(c(C(F)(F)F)c1)C(=O)N1CCNCC21. The molecule has 0 aromatic heterocycles. The van der Waals surface area contributed by atoms with E-state index in [1.165, 1.54) is 11.0 Å². The van der Waals surface area contributed by atoms with Crippen molar-refractivity contribution in [1.29, 1.82) is 0 Å². The van der Waals surface area contributed by atoms with E-state index in [9.17, 15) is 18.0 Å². The van der Waals surface area contributed by atoms with Crippen molar-refractivity contribution in [3.8, 4) is 0 Å². The van der Waals surface area contributed by atoms with E-state index in [4.69, 9.17) is 0 Å². The molecule has 1 amide bonds. The Kier molecular flexibility index (Phi) is 2.86. The van der Waals surface area contributed by atoms with Gasteiger partial charge in [-0.2, -0.15) is 13.2 Å². The Hall–Kier alpha value is -1.82. The predicted molar refractivity (Wildman–Crippen MR) is 68.2 cm³/mol. The molecule has 3 nitrogen and oxygen atoms in total. The van der Waals surface area contributed by atoms with E-state index in [1.807, 2.05) is 0 Å². The number of carbonyl (C=O) groups excluding carboxylic acids is 1. The van der Waals surface area contributed by atoms with Crippen molar-refractivity contribution in [2.75, 3.05) is 19.6 Å². The zero-order chi connectivity index (χ0) is 14.5. The Labute approximate surface area is 114 Å². The zero-order valence-electron chi connectivity index (χ0n) is 10.6. The molecule has 0 aliphatic carbocycles. The molecule has 1 atom stereocenters. The van der Waals surface area contributed by atoms with Crippen molar-refractivity contribution in [3.05, 3.63) is 41.0 Å². The molecule has 1 saturated heterocycles. The Balaban J connectivity index is 2.23. The smallest absolute Gasteiger partial charge is 0.329 e. The molecule has 3 rings (SSSR count). The summed E-state index contributed by atoms with van der Waals surface area (Å²) < 4.78 is 39.6. The fourth-order valence-corrected chi connectivity index (χ4v) is 2.90. The van der Waals surface area contributed by atoms with Gasteiger partial charge in [0.05, 0.1) is 17.2 Å². The normalized spacial score (nSPS) is 21.6. The number of carbonyl (C=O) groups is 1. The van der Waals surface area contributed by atoms with Gasteiger partial charge in [-0.1, -0.05) is 12.7 Å². The van der Waals surface area contributed by atoms with E-state index in [-0.39, 0.29) is 11.6 Å². The van der Waals surface area contributed by atoms with E-state index >= 15 is 0 Å². The van der Waals surface area contributed by atoms with Gasteiger partial charge in [0.2, 0.25) is 0 Å². The number of nitrogens with one attached hydrogen (secondary N) is 1. The number of fused-ring (bicyclic) bond motifs is 3. The van der Waals surface area contributed by atoms with Crippen molar-refractivity contribution in [3.63, 3.8) is 0 Å². The van der Waals surface area contributed by atoms with E-state index in [1.54, 1.807) is 6.07 Å². The molecule has 0 radical (unpaired) electrons. The lowest BCUT2D eigenvalue weighted by molar-refractivity contribution is -0.137. The Bertz CT molecular complexity index is 595. The van der Waals surface area contributed by atoms with Crippen molar-refractivity contribution in [1.82, 2.24) is 10.2 Å². The number of benzene rings is 1. The molecule has 1 aromatic carbocycles. The quantitative estimate of drug-likeness (QED) is 0.858. The Morgan fingerprint density at radius 3 is 2.80 bits per heavy atom. The second kappa shape index (κ2) is 4.34. The molecule has 0 spiro atoms. The summed E-state index contributed by atoms with van der Waals surface area (Å²) in [5.74, 6) is -0.519. The van der Waals surface area contributed by atoms with Crippen LogP contribution in [0.15, 0.2) is 18.7 Å². The highest BCUT2D eigenvalue weighted by Crippen LogP contribution is 2.42. The minimum atomic E-state index is -4.54. The van der Waals surface area contributed by atoms with Crippen molar-refractivity contribution >= 4 is 12.0 Å². The molecule has 0 bridgehead atoms. The lowest BCUT2D eigenvalue weighted by Gasteiger charge is -2.30. The molecule has 2 aliphatic heterocycles. The third kappa shape index (κ3) is 1.83. The van der Waals surface area contributed by atoms with Gasteiger partial charge in [0.15, 0.2) is 0 Å². The highest BCUT2D eigenvalue weighted by molar-refractivity contribution is 6.01. The van der Waals surface area contributed by atoms with Crippen LogP contribution in [-0.2, 0) is 6.18 Å². The number of hydrogen-bond donors (Lipinski definition) is 1. The maximum absolute atomic E-state index is 13.2. The molecule has 20 heavy (non-hydrogen) atoms. The van der Waals surface area contributed by atoms with Crippen LogP contribution in [0.1, 0.15) is 33.1 Å². The standard InChI is InChI=1S/C14H13F3N2O/c1-2-8-5-9-11-7-18-3-4-19(11)13(20)12(9)10(6-8)14(15,16)17/h2,5-6,11,18H,1,3-4,7H2. The van der Waals surface area contributed by atoms with Crippen molar-refractivity contribution < 1.29 is 18.0 Å². The third-order valence-electron chi connectivity index (χ3n) is 3.81. The van der Waals surface area contributed by atoms with Gasteiger partial charge in [-0.05, 0) is 23.3 Å². The second-order valence-corrected chi connectivity index (χ2v) is 4.95. The summed E-state index contributed by atoms with van der Waals surface area (Å²) in [5.41, 5.74) is -0.218. The maximum Gasteiger partial charge on any atom is 0.417 e. The van der Waals surface area contributed by atoms with Crippen LogP contribution in [0.3, 0.4) is 0 Å².